The van der Waals surface area contributed by atoms with E-state index in [-0.39, 0.29) is 18.4 Å². The van der Waals surface area contributed by atoms with Crippen molar-refractivity contribution in [2.24, 2.45) is 5.73 Å². The van der Waals surface area contributed by atoms with Crippen molar-refractivity contribution in [1.29, 1.82) is 0 Å². The van der Waals surface area contributed by atoms with Gasteiger partial charge in [0.15, 0.2) is 0 Å². The third-order valence-corrected chi connectivity index (χ3v) is 2.78. The number of phenolic OH excluding ortho intramolecular Hbond substituents is 1. The molecular weight excluding hydrogens is 287 g/mol. The van der Waals surface area contributed by atoms with E-state index in [0.29, 0.717) is 12.1 Å². The van der Waals surface area contributed by atoms with Gasteiger partial charge in [-0.25, -0.2) is 0 Å². The molecule has 4 N–H and O–H groups in total. The van der Waals surface area contributed by atoms with E-state index in [1.54, 1.807) is 0 Å². The van der Waals surface area contributed by atoms with Crippen LogP contribution in [-0.4, -0.2) is 16.2 Å². The third-order valence-electron chi connectivity index (χ3n) is 2.49. The van der Waals surface area contributed by atoms with Crippen molar-refractivity contribution >= 4 is 17.6 Å². The van der Waals surface area contributed by atoms with Crippen molar-refractivity contribution in [3.05, 3.63) is 28.3 Å². The zero-order valence-electron chi connectivity index (χ0n) is 9.54. The van der Waals surface area contributed by atoms with Gasteiger partial charge < -0.3 is 15.9 Å². The maximum atomic E-state index is 12.6. The van der Waals surface area contributed by atoms with E-state index < -0.39 is 34.5 Å². The van der Waals surface area contributed by atoms with E-state index >= 15 is 0 Å². The molecule has 0 aliphatic rings. The number of carbonyl (C=O) groups is 1. The van der Waals surface area contributed by atoms with Crippen molar-refractivity contribution in [3.8, 4) is 5.75 Å². The maximum absolute atomic E-state index is 12.6. The van der Waals surface area contributed by atoms with Crippen LogP contribution in [0.2, 0.25) is 5.02 Å². The van der Waals surface area contributed by atoms with E-state index in [0.717, 1.165) is 0 Å². The molecule has 1 unspecified atom stereocenters. The van der Waals surface area contributed by atoms with Gasteiger partial charge in [-0.1, -0.05) is 11.6 Å². The maximum Gasteiger partial charge on any atom is 0.416 e. The number of carboxylic acids is 1. The summed E-state index contributed by atoms with van der Waals surface area (Å²) in [5, 5.41) is 17.6. The van der Waals surface area contributed by atoms with Crippen LogP contribution in [0.15, 0.2) is 12.1 Å². The number of carboxylic acid groups (broad SMARTS) is 1. The van der Waals surface area contributed by atoms with Crippen LogP contribution in [0, 0.1) is 0 Å². The highest BCUT2D eigenvalue weighted by Crippen LogP contribution is 2.39. The fourth-order valence-corrected chi connectivity index (χ4v) is 1.73. The fourth-order valence-electron chi connectivity index (χ4n) is 1.50. The number of benzene rings is 1. The summed E-state index contributed by atoms with van der Waals surface area (Å²) in [6, 6.07) is 0.216. The molecule has 1 aromatic carbocycles. The van der Waals surface area contributed by atoms with Crippen LogP contribution >= 0.6 is 11.6 Å². The van der Waals surface area contributed by atoms with Crippen molar-refractivity contribution < 1.29 is 28.2 Å². The Kier molecular flexibility index (Phi) is 4.65. The molecule has 0 aromatic heterocycles. The number of halogens is 4. The lowest BCUT2D eigenvalue weighted by Gasteiger charge is -2.16. The number of hydrogen-bond acceptors (Lipinski definition) is 3. The summed E-state index contributed by atoms with van der Waals surface area (Å²) >= 11 is 5.51. The van der Waals surface area contributed by atoms with Crippen LogP contribution < -0.4 is 5.73 Å². The van der Waals surface area contributed by atoms with Gasteiger partial charge in [0.25, 0.3) is 0 Å². The molecule has 0 spiro atoms. The largest absolute Gasteiger partial charge is 0.506 e. The smallest absolute Gasteiger partial charge is 0.416 e. The molecule has 1 aromatic rings. The number of nitrogens with two attached hydrogens (primary N) is 1. The first-order valence-electron chi connectivity index (χ1n) is 5.20. The molecule has 1 atom stereocenters. The lowest BCUT2D eigenvalue weighted by atomic mass is 9.99. The number of hydrogen-bond donors (Lipinski definition) is 3. The second-order valence-electron chi connectivity index (χ2n) is 3.93. The Morgan fingerprint density at radius 2 is 2.00 bits per heavy atom. The zero-order valence-corrected chi connectivity index (χ0v) is 10.3. The van der Waals surface area contributed by atoms with Crippen molar-refractivity contribution in [2.45, 2.75) is 25.1 Å². The summed E-state index contributed by atoms with van der Waals surface area (Å²) in [6.45, 7) is 0. The third kappa shape index (κ3) is 4.00. The van der Waals surface area contributed by atoms with Gasteiger partial charge in [-0.3, -0.25) is 4.79 Å². The summed E-state index contributed by atoms with van der Waals surface area (Å²) in [6.07, 6.45) is -5.06. The van der Waals surface area contributed by atoms with Crippen LogP contribution in [-0.2, 0) is 11.0 Å². The molecular formula is C11H11ClF3NO3. The van der Waals surface area contributed by atoms with Gasteiger partial charge in [-0.05, 0) is 18.6 Å². The normalized spacial score (nSPS) is 13.3. The molecule has 0 aliphatic heterocycles. The van der Waals surface area contributed by atoms with Gasteiger partial charge >= 0.3 is 12.1 Å². The quantitative estimate of drug-likeness (QED) is 0.798. The van der Waals surface area contributed by atoms with E-state index in [4.69, 9.17) is 22.4 Å². The summed E-state index contributed by atoms with van der Waals surface area (Å²) in [4.78, 5) is 10.4. The highest BCUT2D eigenvalue weighted by atomic mass is 35.5. The van der Waals surface area contributed by atoms with E-state index in [9.17, 15) is 23.1 Å². The zero-order chi connectivity index (χ0) is 14.8. The molecule has 4 nitrogen and oxygen atoms in total. The van der Waals surface area contributed by atoms with Gasteiger partial charge in [0.2, 0.25) is 0 Å². The lowest BCUT2D eigenvalue weighted by molar-refractivity contribution is -0.138. The first-order chi connectivity index (χ1) is 8.62. The molecule has 0 saturated carbocycles. The summed E-state index contributed by atoms with van der Waals surface area (Å²) in [5.41, 5.74) is 4.31. The Labute approximate surface area is 111 Å². The highest BCUT2D eigenvalue weighted by Gasteiger charge is 2.32. The molecule has 1 rings (SSSR count). The topological polar surface area (TPSA) is 83.6 Å². The van der Waals surface area contributed by atoms with Crippen molar-refractivity contribution in [3.63, 3.8) is 0 Å². The summed E-state index contributed by atoms with van der Waals surface area (Å²) in [5.74, 6) is -1.69. The van der Waals surface area contributed by atoms with Crippen molar-refractivity contribution in [1.82, 2.24) is 0 Å². The van der Waals surface area contributed by atoms with E-state index in [2.05, 4.69) is 0 Å². The Morgan fingerprint density at radius 1 is 1.42 bits per heavy atom. The Bertz CT molecular complexity index is 491. The minimum absolute atomic E-state index is 0.111. The van der Waals surface area contributed by atoms with Gasteiger partial charge in [-0.2, -0.15) is 13.2 Å². The second kappa shape index (κ2) is 5.66. The first kappa shape index (κ1) is 15.6. The molecule has 0 aliphatic carbocycles. The van der Waals surface area contributed by atoms with Crippen LogP contribution in [0.1, 0.15) is 30.0 Å². The van der Waals surface area contributed by atoms with Gasteiger partial charge in [-0.15, -0.1) is 0 Å². The predicted molar refractivity (Wildman–Crippen MR) is 61.9 cm³/mol. The molecule has 0 amide bonds. The number of alkyl halides is 3. The molecule has 19 heavy (non-hydrogen) atoms. The van der Waals surface area contributed by atoms with Gasteiger partial charge in [0, 0.05) is 18.0 Å². The average Bonchev–Trinajstić information content (AvgIpc) is 2.27. The number of phenols is 1. The molecule has 0 fully saturated rings. The Balaban J connectivity index is 3.12. The molecule has 0 bridgehead atoms. The monoisotopic (exact) mass is 297 g/mol. The Hall–Kier alpha value is -1.47. The van der Waals surface area contributed by atoms with Crippen LogP contribution in [0.3, 0.4) is 0 Å². The van der Waals surface area contributed by atoms with Crippen LogP contribution in [0.5, 0.6) is 5.75 Å². The standard InChI is InChI=1S/C11H11ClF3NO3/c12-7-4-5(11(13,14)15)3-6(10(7)19)8(16)1-2-9(17)18/h3-4,8,19H,1-2,16H2,(H,17,18). The van der Waals surface area contributed by atoms with E-state index in [1.165, 1.54) is 0 Å². The first-order valence-corrected chi connectivity index (χ1v) is 5.57. The molecule has 0 radical (unpaired) electrons. The Morgan fingerprint density at radius 3 is 2.47 bits per heavy atom. The molecule has 106 valence electrons. The minimum atomic E-state index is -4.63. The molecule has 8 heteroatoms. The minimum Gasteiger partial charge on any atom is -0.506 e. The number of aliphatic carboxylic acids is 1. The van der Waals surface area contributed by atoms with Crippen LogP contribution in [0.4, 0.5) is 13.2 Å². The van der Waals surface area contributed by atoms with Gasteiger partial charge in [0.05, 0.1) is 10.6 Å². The summed E-state index contributed by atoms with van der Waals surface area (Å²) in [7, 11) is 0. The molecule has 0 heterocycles. The van der Waals surface area contributed by atoms with Crippen LogP contribution in [0.25, 0.3) is 0 Å². The predicted octanol–water partition coefficient (Wildman–Crippen LogP) is 2.93. The SMILES string of the molecule is NC(CCC(=O)O)c1cc(C(F)(F)F)cc(Cl)c1O. The average molecular weight is 298 g/mol. The molecule has 0 saturated heterocycles. The summed E-state index contributed by atoms with van der Waals surface area (Å²) < 4.78 is 37.7. The highest BCUT2D eigenvalue weighted by molar-refractivity contribution is 6.32. The lowest BCUT2D eigenvalue weighted by Crippen LogP contribution is -2.14. The van der Waals surface area contributed by atoms with Gasteiger partial charge in [0.1, 0.15) is 5.75 Å². The van der Waals surface area contributed by atoms with E-state index in [1.807, 2.05) is 0 Å². The second-order valence-corrected chi connectivity index (χ2v) is 4.34. The number of rotatable bonds is 4. The van der Waals surface area contributed by atoms with Crippen molar-refractivity contribution in [2.75, 3.05) is 0 Å². The fraction of sp³-hybridized carbons (Fsp3) is 0.364. The number of aromatic hydroxyl groups is 1.